The molecule has 0 aromatic heterocycles. The van der Waals surface area contributed by atoms with E-state index in [-0.39, 0.29) is 36.6 Å². The van der Waals surface area contributed by atoms with Crippen LogP contribution in [0.25, 0.3) is 0 Å². The summed E-state index contributed by atoms with van der Waals surface area (Å²) in [4.78, 5) is 11.3. The third kappa shape index (κ3) is 2.78. The summed E-state index contributed by atoms with van der Waals surface area (Å²) in [5.41, 5.74) is 0. The van der Waals surface area contributed by atoms with Gasteiger partial charge in [0.1, 0.15) is 5.78 Å². The van der Waals surface area contributed by atoms with Gasteiger partial charge >= 0.3 is 0 Å². The number of rotatable bonds is 4. The van der Waals surface area contributed by atoms with E-state index in [0.717, 1.165) is 0 Å². The zero-order valence-corrected chi connectivity index (χ0v) is 12.3. The highest BCUT2D eigenvalue weighted by molar-refractivity contribution is 7.89. The molecule has 2 rings (SSSR count). The van der Waals surface area contributed by atoms with Crippen LogP contribution < -0.4 is 9.47 Å². The molecule has 0 aliphatic carbocycles. The van der Waals surface area contributed by atoms with E-state index in [2.05, 4.69) is 0 Å². The lowest BCUT2D eigenvalue weighted by Crippen LogP contribution is -2.38. The van der Waals surface area contributed by atoms with Gasteiger partial charge in [-0.2, -0.15) is 4.31 Å². The highest BCUT2D eigenvalue weighted by atomic mass is 32.2. The maximum absolute atomic E-state index is 12.5. The molecule has 1 saturated heterocycles. The Morgan fingerprint density at radius 2 is 1.65 bits per heavy atom. The molecule has 0 saturated carbocycles. The average molecular weight is 299 g/mol. The Morgan fingerprint density at radius 3 is 2.20 bits per heavy atom. The fourth-order valence-electron chi connectivity index (χ4n) is 2.10. The predicted octanol–water partition coefficient (Wildman–Crippen LogP) is 1.06. The van der Waals surface area contributed by atoms with Gasteiger partial charge in [0.05, 0.1) is 19.1 Å². The highest BCUT2D eigenvalue weighted by Crippen LogP contribution is 2.31. The number of nitrogens with zero attached hydrogens (tertiary/aromatic N) is 1. The molecule has 20 heavy (non-hydrogen) atoms. The Bertz CT molecular complexity index is 601. The molecular weight excluding hydrogens is 282 g/mol. The zero-order valence-electron chi connectivity index (χ0n) is 11.5. The van der Waals surface area contributed by atoms with E-state index in [1.54, 1.807) is 6.07 Å². The molecule has 1 heterocycles. The van der Waals surface area contributed by atoms with Gasteiger partial charge in [-0.3, -0.25) is 4.79 Å². The van der Waals surface area contributed by atoms with Gasteiger partial charge in [-0.25, -0.2) is 8.42 Å². The molecule has 0 N–H and O–H groups in total. The molecular formula is C13H17NO5S. The molecule has 7 heteroatoms. The van der Waals surface area contributed by atoms with Crippen molar-refractivity contribution in [2.24, 2.45) is 0 Å². The lowest BCUT2D eigenvalue weighted by Gasteiger charge is -2.25. The first-order chi connectivity index (χ1) is 9.48. The normalized spacial score (nSPS) is 17.0. The van der Waals surface area contributed by atoms with Gasteiger partial charge in [0, 0.05) is 32.0 Å². The van der Waals surface area contributed by atoms with Crippen LogP contribution in [-0.4, -0.2) is 45.8 Å². The van der Waals surface area contributed by atoms with Crippen molar-refractivity contribution in [3.63, 3.8) is 0 Å². The molecule has 0 unspecified atom stereocenters. The summed E-state index contributed by atoms with van der Waals surface area (Å²) in [6.45, 7) is 0.463. The Morgan fingerprint density at radius 1 is 1.05 bits per heavy atom. The van der Waals surface area contributed by atoms with Gasteiger partial charge in [-0.1, -0.05) is 0 Å². The third-order valence-corrected chi connectivity index (χ3v) is 5.17. The number of methoxy groups -OCH3 is 2. The first kappa shape index (κ1) is 14.8. The SMILES string of the molecule is COc1ccc(S(=O)(=O)N2CCC(=O)CC2)cc1OC. The molecule has 6 nitrogen and oxygen atoms in total. The summed E-state index contributed by atoms with van der Waals surface area (Å²) >= 11 is 0. The van der Waals surface area contributed by atoms with Crippen molar-refractivity contribution in [2.75, 3.05) is 27.3 Å². The molecule has 1 aromatic carbocycles. The summed E-state index contributed by atoms with van der Waals surface area (Å²) in [5, 5.41) is 0. The van der Waals surface area contributed by atoms with Gasteiger partial charge in [-0.05, 0) is 12.1 Å². The van der Waals surface area contributed by atoms with Crippen molar-refractivity contribution >= 4 is 15.8 Å². The number of sulfonamides is 1. The number of hydrogen-bond acceptors (Lipinski definition) is 5. The van der Waals surface area contributed by atoms with E-state index >= 15 is 0 Å². The van der Waals surface area contributed by atoms with Gasteiger partial charge < -0.3 is 9.47 Å². The minimum absolute atomic E-state index is 0.101. The van der Waals surface area contributed by atoms with Crippen molar-refractivity contribution < 1.29 is 22.7 Å². The minimum atomic E-state index is -3.60. The van der Waals surface area contributed by atoms with Crippen LogP contribution in [0.4, 0.5) is 0 Å². The summed E-state index contributed by atoms with van der Waals surface area (Å²) in [6, 6.07) is 4.47. The van der Waals surface area contributed by atoms with E-state index < -0.39 is 10.0 Å². The number of piperidine rings is 1. The highest BCUT2D eigenvalue weighted by Gasteiger charge is 2.29. The van der Waals surface area contributed by atoms with Crippen molar-refractivity contribution in [3.05, 3.63) is 18.2 Å². The largest absolute Gasteiger partial charge is 0.493 e. The Hall–Kier alpha value is -1.60. The number of ether oxygens (including phenoxy) is 2. The zero-order chi connectivity index (χ0) is 14.8. The van der Waals surface area contributed by atoms with Crippen LogP contribution in [0.3, 0.4) is 0 Å². The standard InChI is InChI=1S/C13H17NO5S/c1-18-12-4-3-11(9-13(12)19-2)20(16,17)14-7-5-10(15)6-8-14/h3-4,9H,5-8H2,1-2H3. The second kappa shape index (κ2) is 5.80. The van der Waals surface area contributed by atoms with Crippen LogP contribution in [-0.2, 0) is 14.8 Å². The summed E-state index contributed by atoms with van der Waals surface area (Å²) < 4.78 is 36.5. The van der Waals surface area contributed by atoms with Gasteiger partial charge in [-0.15, -0.1) is 0 Å². The molecule has 110 valence electrons. The van der Waals surface area contributed by atoms with Crippen LogP contribution in [0.5, 0.6) is 11.5 Å². The fraction of sp³-hybridized carbons (Fsp3) is 0.462. The smallest absolute Gasteiger partial charge is 0.243 e. The monoisotopic (exact) mass is 299 g/mol. The maximum Gasteiger partial charge on any atom is 0.243 e. The Balaban J connectivity index is 2.32. The van der Waals surface area contributed by atoms with Gasteiger partial charge in [0.15, 0.2) is 11.5 Å². The van der Waals surface area contributed by atoms with Crippen molar-refractivity contribution in [1.29, 1.82) is 0 Å². The van der Waals surface area contributed by atoms with E-state index in [4.69, 9.17) is 9.47 Å². The predicted molar refractivity (Wildman–Crippen MR) is 72.5 cm³/mol. The van der Waals surface area contributed by atoms with E-state index in [0.29, 0.717) is 11.5 Å². The average Bonchev–Trinajstić information content (AvgIpc) is 2.46. The number of carbonyl (C=O) groups is 1. The second-order valence-electron chi connectivity index (χ2n) is 4.46. The number of benzene rings is 1. The summed E-state index contributed by atoms with van der Waals surface area (Å²) in [5.74, 6) is 0.936. The topological polar surface area (TPSA) is 72.9 Å². The summed E-state index contributed by atoms with van der Waals surface area (Å²) in [7, 11) is -0.657. The van der Waals surface area contributed by atoms with Crippen molar-refractivity contribution in [2.45, 2.75) is 17.7 Å². The number of Topliss-reactive ketones (excluding diaryl/α,β-unsaturated/α-hetero) is 1. The quantitative estimate of drug-likeness (QED) is 0.831. The third-order valence-electron chi connectivity index (χ3n) is 3.27. The molecule has 0 amide bonds. The molecule has 0 atom stereocenters. The molecule has 1 fully saturated rings. The molecule has 0 radical (unpaired) electrons. The fourth-order valence-corrected chi connectivity index (χ4v) is 3.56. The van der Waals surface area contributed by atoms with Crippen LogP contribution in [0.2, 0.25) is 0 Å². The first-order valence-corrected chi connectivity index (χ1v) is 7.67. The lowest BCUT2D eigenvalue weighted by atomic mass is 10.1. The molecule has 0 bridgehead atoms. The lowest BCUT2D eigenvalue weighted by molar-refractivity contribution is -0.120. The van der Waals surface area contributed by atoms with Crippen LogP contribution >= 0.6 is 0 Å². The molecule has 1 aliphatic rings. The first-order valence-electron chi connectivity index (χ1n) is 6.23. The van der Waals surface area contributed by atoms with E-state index in [1.807, 2.05) is 0 Å². The van der Waals surface area contributed by atoms with Gasteiger partial charge in [0.2, 0.25) is 10.0 Å². The van der Waals surface area contributed by atoms with Crippen molar-refractivity contribution in [1.82, 2.24) is 4.31 Å². The summed E-state index contributed by atoms with van der Waals surface area (Å²) in [6.07, 6.45) is 0.541. The van der Waals surface area contributed by atoms with E-state index in [1.165, 1.54) is 30.7 Å². The van der Waals surface area contributed by atoms with Crippen LogP contribution in [0.1, 0.15) is 12.8 Å². The number of carbonyl (C=O) groups excluding carboxylic acids is 1. The van der Waals surface area contributed by atoms with Crippen molar-refractivity contribution in [3.8, 4) is 11.5 Å². The molecule has 0 spiro atoms. The van der Waals surface area contributed by atoms with E-state index in [9.17, 15) is 13.2 Å². The number of ketones is 1. The minimum Gasteiger partial charge on any atom is -0.493 e. The van der Waals surface area contributed by atoms with Gasteiger partial charge in [0.25, 0.3) is 0 Å². The second-order valence-corrected chi connectivity index (χ2v) is 6.40. The molecule has 1 aliphatic heterocycles. The Labute approximate surface area is 118 Å². The number of hydrogen-bond donors (Lipinski definition) is 0. The van der Waals surface area contributed by atoms with Crippen LogP contribution in [0.15, 0.2) is 23.1 Å². The molecule has 1 aromatic rings. The van der Waals surface area contributed by atoms with Crippen LogP contribution in [0, 0.1) is 0 Å². The maximum atomic E-state index is 12.5. The Kier molecular flexibility index (Phi) is 4.29.